The predicted molar refractivity (Wildman–Crippen MR) is 113 cm³/mol. The molecule has 1 aromatic carbocycles. The molecule has 2 aromatic rings. The largest absolute Gasteiger partial charge is 0.368 e. The number of benzene rings is 1. The van der Waals surface area contributed by atoms with Crippen molar-refractivity contribution < 1.29 is 4.52 Å². The number of guanidine groups is 1. The van der Waals surface area contributed by atoms with E-state index in [9.17, 15) is 0 Å². The summed E-state index contributed by atoms with van der Waals surface area (Å²) in [4.78, 5) is 13.5. The van der Waals surface area contributed by atoms with E-state index in [1.54, 1.807) is 0 Å². The molecule has 1 N–H and O–H groups in total. The Morgan fingerprint density at radius 3 is 2.68 bits per heavy atom. The average molecular weight is 405 g/mol. The van der Waals surface area contributed by atoms with Crippen molar-refractivity contribution in [3.8, 4) is 0 Å². The van der Waals surface area contributed by atoms with Crippen LogP contribution in [0.15, 0.2) is 27.7 Å². The Labute approximate surface area is 171 Å². The van der Waals surface area contributed by atoms with Crippen LogP contribution in [-0.2, 0) is 6.42 Å². The molecular weight excluding hydrogens is 376 g/mol. The molecule has 1 aliphatic heterocycles. The fourth-order valence-electron chi connectivity index (χ4n) is 3.30. The molecule has 1 fully saturated rings. The Morgan fingerprint density at radius 2 is 2.04 bits per heavy atom. The van der Waals surface area contributed by atoms with Crippen LogP contribution in [0.3, 0.4) is 0 Å². The standard InChI is InChI=1S/C20H29ClN6O/c1-14(2)19-24-18(28-25-19)7-8-23-20(22-4)27-11-9-26(10-12-27)17-13-16(21)6-5-15(17)3/h5-6,13-14H,7-12H2,1-4H3,(H,22,23). The first kappa shape index (κ1) is 20.5. The molecule has 0 saturated carbocycles. The minimum absolute atomic E-state index is 0.276. The van der Waals surface area contributed by atoms with Gasteiger partial charge in [-0.2, -0.15) is 4.98 Å². The van der Waals surface area contributed by atoms with Crippen LogP contribution in [0.2, 0.25) is 5.02 Å². The number of aryl methyl sites for hydroxylation is 1. The fraction of sp³-hybridized carbons (Fsp3) is 0.550. The van der Waals surface area contributed by atoms with Crippen molar-refractivity contribution in [1.29, 1.82) is 0 Å². The van der Waals surface area contributed by atoms with Crippen LogP contribution in [0.1, 0.15) is 37.0 Å². The highest BCUT2D eigenvalue weighted by Crippen LogP contribution is 2.25. The Bertz CT molecular complexity index is 811. The summed E-state index contributed by atoms with van der Waals surface area (Å²) in [6.45, 7) is 10.6. The van der Waals surface area contributed by atoms with Gasteiger partial charge in [-0.1, -0.05) is 36.7 Å². The molecule has 1 aliphatic rings. The van der Waals surface area contributed by atoms with Crippen LogP contribution in [-0.4, -0.2) is 60.8 Å². The maximum atomic E-state index is 6.18. The molecule has 3 rings (SSSR count). The molecule has 1 aromatic heterocycles. The first-order valence-corrected chi connectivity index (χ1v) is 10.1. The van der Waals surface area contributed by atoms with Crippen LogP contribution in [0, 0.1) is 6.92 Å². The lowest BCUT2D eigenvalue weighted by molar-refractivity contribution is 0.362. The smallest absolute Gasteiger partial charge is 0.228 e. The molecule has 0 radical (unpaired) electrons. The molecule has 0 atom stereocenters. The third-order valence-electron chi connectivity index (χ3n) is 4.93. The predicted octanol–water partition coefficient (Wildman–Crippen LogP) is 3.09. The zero-order chi connectivity index (χ0) is 20.1. The van der Waals surface area contributed by atoms with E-state index in [-0.39, 0.29) is 5.92 Å². The van der Waals surface area contributed by atoms with Crippen LogP contribution < -0.4 is 10.2 Å². The lowest BCUT2D eigenvalue weighted by atomic mass is 10.1. The Morgan fingerprint density at radius 1 is 1.29 bits per heavy atom. The highest BCUT2D eigenvalue weighted by Gasteiger charge is 2.21. The average Bonchev–Trinajstić information content (AvgIpc) is 3.17. The van der Waals surface area contributed by atoms with Gasteiger partial charge in [-0.05, 0) is 24.6 Å². The number of aromatic nitrogens is 2. The number of rotatable bonds is 5. The van der Waals surface area contributed by atoms with Crippen LogP contribution in [0.5, 0.6) is 0 Å². The number of nitrogens with one attached hydrogen (secondary N) is 1. The summed E-state index contributed by atoms with van der Waals surface area (Å²) in [6.07, 6.45) is 0.681. The van der Waals surface area contributed by atoms with Gasteiger partial charge in [0.1, 0.15) is 0 Å². The molecule has 28 heavy (non-hydrogen) atoms. The number of piperazine rings is 1. The summed E-state index contributed by atoms with van der Waals surface area (Å²) in [5.41, 5.74) is 2.47. The summed E-state index contributed by atoms with van der Waals surface area (Å²) >= 11 is 6.18. The van der Waals surface area contributed by atoms with Gasteiger partial charge in [0, 0.05) is 62.8 Å². The third-order valence-corrected chi connectivity index (χ3v) is 5.16. The van der Waals surface area contributed by atoms with Crippen LogP contribution in [0.25, 0.3) is 0 Å². The number of anilines is 1. The van der Waals surface area contributed by atoms with Crippen molar-refractivity contribution >= 4 is 23.2 Å². The number of nitrogens with zero attached hydrogens (tertiary/aromatic N) is 5. The summed E-state index contributed by atoms with van der Waals surface area (Å²) < 4.78 is 5.30. The van der Waals surface area contributed by atoms with Gasteiger partial charge < -0.3 is 19.6 Å². The quantitative estimate of drug-likeness (QED) is 0.610. The van der Waals surface area contributed by atoms with Gasteiger partial charge in [-0.3, -0.25) is 4.99 Å². The highest BCUT2D eigenvalue weighted by atomic mass is 35.5. The van der Waals surface area contributed by atoms with Crippen LogP contribution >= 0.6 is 11.6 Å². The van der Waals surface area contributed by atoms with Crippen molar-refractivity contribution in [3.05, 3.63) is 40.5 Å². The molecule has 152 valence electrons. The summed E-state index contributed by atoms with van der Waals surface area (Å²) in [5.74, 6) is 2.60. The lowest BCUT2D eigenvalue weighted by Crippen LogP contribution is -2.53. The molecule has 0 amide bonds. The molecule has 0 unspecified atom stereocenters. The lowest BCUT2D eigenvalue weighted by Gasteiger charge is -2.38. The van der Waals surface area contributed by atoms with Gasteiger partial charge in [0.25, 0.3) is 0 Å². The summed E-state index contributed by atoms with van der Waals surface area (Å²) in [5, 5.41) is 8.19. The number of aliphatic imine (C=N–C) groups is 1. The second kappa shape index (κ2) is 9.28. The van der Waals surface area contributed by atoms with E-state index in [0.29, 0.717) is 18.9 Å². The maximum absolute atomic E-state index is 6.18. The van der Waals surface area contributed by atoms with Gasteiger partial charge in [0.15, 0.2) is 11.8 Å². The summed E-state index contributed by atoms with van der Waals surface area (Å²) in [7, 11) is 1.82. The van der Waals surface area contributed by atoms with E-state index >= 15 is 0 Å². The minimum Gasteiger partial charge on any atom is -0.368 e. The zero-order valence-electron chi connectivity index (χ0n) is 17.1. The number of halogens is 1. The number of hydrogen-bond donors (Lipinski definition) is 1. The highest BCUT2D eigenvalue weighted by molar-refractivity contribution is 6.30. The SMILES string of the molecule is CN=C(NCCc1nc(C(C)C)no1)N1CCN(c2cc(Cl)ccc2C)CC1. The molecule has 0 bridgehead atoms. The first-order valence-electron chi connectivity index (χ1n) is 9.77. The third kappa shape index (κ3) is 4.95. The van der Waals surface area contributed by atoms with E-state index in [1.165, 1.54) is 11.3 Å². The van der Waals surface area contributed by atoms with Crippen molar-refractivity contribution in [1.82, 2.24) is 20.4 Å². The zero-order valence-corrected chi connectivity index (χ0v) is 17.8. The van der Waals surface area contributed by atoms with E-state index in [1.807, 2.05) is 13.1 Å². The maximum Gasteiger partial charge on any atom is 0.228 e. The number of hydrogen-bond acceptors (Lipinski definition) is 5. The molecule has 2 heterocycles. The molecule has 0 aliphatic carbocycles. The Hall–Kier alpha value is -2.28. The Kier molecular flexibility index (Phi) is 6.78. The first-order chi connectivity index (χ1) is 13.5. The minimum atomic E-state index is 0.276. The van der Waals surface area contributed by atoms with Crippen molar-refractivity contribution in [2.75, 3.05) is 44.7 Å². The Balaban J connectivity index is 1.50. The topological polar surface area (TPSA) is 69.8 Å². The summed E-state index contributed by atoms with van der Waals surface area (Å²) in [6, 6.07) is 6.07. The van der Waals surface area contributed by atoms with Gasteiger partial charge in [-0.25, -0.2) is 0 Å². The second-order valence-corrected chi connectivity index (χ2v) is 7.77. The normalized spacial score (nSPS) is 15.4. The second-order valence-electron chi connectivity index (χ2n) is 7.33. The molecule has 1 saturated heterocycles. The molecular formula is C20H29ClN6O. The van der Waals surface area contributed by atoms with E-state index in [0.717, 1.165) is 43.0 Å². The van der Waals surface area contributed by atoms with Gasteiger partial charge in [-0.15, -0.1) is 0 Å². The van der Waals surface area contributed by atoms with E-state index in [4.69, 9.17) is 16.1 Å². The van der Waals surface area contributed by atoms with E-state index in [2.05, 4.69) is 63.2 Å². The van der Waals surface area contributed by atoms with Gasteiger partial charge >= 0.3 is 0 Å². The molecule has 0 spiro atoms. The van der Waals surface area contributed by atoms with Crippen molar-refractivity contribution in [2.45, 2.75) is 33.1 Å². The monoisotopic (exact) mass is 404 g/mol. The molecule has 8 heteroatoms. The van der Waals surface area contributed by atoms with E-state index < -0.39 is 0 Å². The fourth-order valence-corrected chi connectivity index (χ4v) is 3.47. The van der Waals surface area contributed by atoms with Crippen molar-refractivity contribution in [2.24, 2.45) is 4.99 Å². The van der Waals surface area contributed by atoms with Gasteiger partial charge in [0.05, 0.1) is 0 Å². The van der Waals surface area contributed by atoms with Crippen LogP contribution in [0.4, 0.5) is 5.69 Å². The van der Waals surface area contributed by atoms with Crippen molar-refractivity contribution in [3.63, 3.8) is 0 Å². The van der Waals surface area contributed by atoms with Gasteiger partial charge in [0.2, 0.25) is 5.89 Å². The molecule has 7 nitrogen and oxygen atoms in total.